The Labute approximate surface area is 147 Å². The van der Waals surface area contributed by atoms with Crippen LogP contribution in [-0.2, 0) is 22.9 Å². The molecule has 4 rings (SSSR count). The van der Waals surface area contributed by atoms with Crippen molar-refractivity contribution in [1.82, 2.24) is 5.32 Å². The van der Waals surface area contributed by atoms with E-state index in [1.54, 1.807) is 12.1 Å². The summed E-state index contributed by atoms with van der Waals surface area (Å²) in [6.07, 6.45) is 3.74. The van der Waals surface area contributed by atoms with Crippen LogP contribution in [0.2, 0.25) is 0 Å². The molecule has 1 heterocycles. The highest BCUT2D eigenvalue weighted by Gasteiger charge is 2.28. The van der Waals surface area contributed by atoms with Crippen LogP contribution in [0.5, 0.6) is 0 Å². The van der Waals surface area contributed by atoms with Crippen molar-refractivity contribution in [2.24, 2.45) is 0 Å². The third kappa shape index (κ3) is 2.91. The van der Waals surface area contributed by atoms with Crippen molar-refractivity contribution >= 4 is 21.6 Å². The van der Waals surface area contributed by atoms with E-state index in [1.807, 2.05) is 18.2 Å². The molecule has 25 heavy (non-hydrogen) atoms. The van der Waals surface area contributed by atoms with Crippen molar-refractivity contribution in [3.05, 3.63) is 64.7 Å². The van der Waals surface area contributed by atoms with Gasteiger partial charge >= 0.3 is 0 Å². The summed E-state index contributed by atoms with van der Waals surface area (Å²) in [5.74, 6) is -0.109. The molecule has 2 aliphatic rings. The first-order valence-electron chi connectivity index (χ1n) is 8.43. The number of hydrogen-bond acceptors (Lipinski definition) is 3. The number of hydrogen-bond donors (Lipinski definition) is 1. The van der Waals surface area contributed by atoms with Gasteiger partial charge in [-0.05, 0) is 54.2 Å². The summed E-state index contributed by atoms with van der Waals surface area (Å²) in [6.45, 7) is 0.440. The van der Waals surface area contributed by atoms with E-state index in [9.17, 15) is 13.2 Å². The number of carbonyl (C=O) groups excluding carboxylic acids is 1. The topological polar surface area (TPSA) is 66.5 Å². The Hall–Kier alpha value is -2.34. The zero-order valence-electron chi connectivity index (χ0n) is 14.0. The van der Waals surface area contributed by atoms with Gasteiger partial charge in [0.25, 0.3) is 5.91 Å². The molecule has 130 valence electrons. The van der Waals surface area contributed by atoms with Crippen LogP contribution in [-0.4, -0.2) is 27.1 Å². The minimum absolute atomic E-state index is 0.0458. The quantitative estimate of drug-likeness (QED) is 0.918. The molecule has 0 unspecified atom stereocenters. The van der Waals surface area contributed by atoms with Gasteiger partial charge in [-0.1, -0.05) is 24.3 Å². The van der Waals surface area contributed by atoms with Crippen LogP contribution in [0, 0.1) is 0 Å². The molecule has 1 aliphatic heterocycles. The molecule has 2 aromatic carbocycles. The van der Waals surface area contributed by atoms with Gasteiger partial charge < -0.3 is 5.32 Å². The third-order valence-electron chi connectivity index (χ3n) is 5.03. The molecule has 0 aromatic heterocycles. The van der Waals surface area contributed by atoms with Gasteiger partial charge in [0, 0.05) is 12.1 Å². The molecule has 1 aliphatic carbocycles. The van der Waals surface area contributed by atoms with E-state index in [-0.39, 0.29) is 11.9 Å². The third-order valence-corrected chi connectivity index (χ3v) is 6.21. The molecule has 0 fully saturated rings. The average molecular weight is 356 g/mol. The molecule has 0 bridgehead atoms. The molecule has 0 radical (unpaired) electrons. The summed E-state index contributed by atoms with van der Waals surface area (Å²) in [5.41, 5.74) is 4.67. The van der Waals surface area contributed by atoms with E-state index in [0.29, 0.717) is 24.2 Å². The minimum atomic E-state index is -3.27. The number of anilines is 1. The summed E-state index contributed by atoms with van der Waals surface area (Å²) in [5, 5.41) is 3.11. The number of fused-ring (bicyclic) bond motifs is 2. The number of amides is 1. The number of benzene rings is 2. The van der Waals surface area contributed by atoms with Gasteiger partial charge in [0.2, 0.25) is 10.0 Å². The Kier molecular flexibility index (Phi) is 3.80. The predicted octanol–water partition coefficient (Wildman–Crippen LogP) is 2.43. The number of rotatable bonds is 3. The average Bonchev–Trinajstić information content (AvgIpc) is 3.18. The first kappa shape index (κ1) is 16.1. The van der Waals surface area contributed by atoms with E-state index >= 15 is 0 Å². The zero-order chi connectivity index (χ0) is 17.6. The van der Waals surface area contributed by atoms with E-state index in [0.717, 1.165) is 18.4 Å². The predicted molar refractivity (Wildman–Crippen MR) is 97.3 cm³/mol. The molecule has 0 spiro atoms. The fourth-order valence-electron chi connectivity index (χ4n) is 3.81. The molecule has 0 saturated carbocycles. The molecule has 1 atom stereocenters. The first-order chi connectivity index (χ1) is 11.9. The van der Waals surface area contributed by atoms with Gasteiger partial charge in [0.15, 0.2) is 0 Å². The minimum Gasteiger partial charge on any atom is -0.345 e. The van der Waals surface area contributed by atoms with Crippen LogP contribution >= 0.6 is 0 Å². The highest BCUT2D eigenvalue weighted by atomic mass is 32.2. The first-order valence-corrected chi connectivity index (χ1v) is 10.3. The molecule has 1 amide bonds. The van der Waals surface area contributed by atoms with Crippen LogP contribution in [0.25, 0.3) is 0 Å². The van der Waals surface area contributed by atoms with Crippen LogP contribution < -0.4 is 9.62 Å². The molecule has 5 nitrogen and oxygen atoms in total. The molecular formula is C19H20N2O3S. The maximum absolute atomic E-state index is 12.6. The fraction of sp³-hybridized carbons (Fsp3) is 0.316. The molecule has 0 saturated heterocycles. The number of sulfonamides is 1. The molecule has 2 aromatic rings. The molecule has 6 heteroatoms. The Morgan fingerprint density at radius 1 is 1.12 bits per heavy atom. The van der Waals surface area contributed by atoms with Gasteiger partial charge in [-0.3, -0.25) is 9.10 Å². The summed E-state index contributed by atoms with van der Waals surface area (Å²) in [4.78, 5) is 12.6. The SMILES string of the molecule is CS(=O)(=O)N1CCc2cc(C(=O)N[C@@H]3CCc4ccccc43)ccc21. The number of nitrogens with one attached hydrogen (secondary N) is 1. The number of aryl methyl sites for hydroxylation is 1. The van der Waals surface area contributed by atoms with Gasteiger partial charge in [-0.15, -0.1) is 0 Å². The second-order valence-corrected chi connectivity index (χ2v) is 8.60. The standard InChI is InChI=1S/C19H20N2O3S/c1-25(23,24)21-11-10-14-12-15(7-9-18(14)21)19(22)20-17-8-6-13-4-2-3-5-16(13)17/h2-5,7,9,12,17H,6,8,10-11H2,1H3,(H,20,22)/t17-/m1/s1. The smallest absolute Gasteiger partial charge is 0.251 e. The Morgan fingerprint density at radius 3 is 2.72 bits per heavy atom. The monoisotopic (exact) mass is 356 g/mol. The number of carbonyl (C=O) groups is 1. The van der Waals surface area contributed by atoms with Crippen molar-refractivity contribution in [3.63, 3.8) is 0 Å². The lowest BCUT2D eigenvalue weighted by atomic mass is 10.1. The summed E-state index contributed by atoms with van der Waals surface area (Å²) in [6, 6.07) is 13.5. The highest BCUT2D eigenvalue weighted by molar-refractivity contribution is 7.92. The lowest BCUT2D eigenvalue weighted by Gasteiger charge is -2.17. The Morgan fingerprint density at radius 2 is 1.92 bits per heavy atom. The Bertz CT molecular complexity index is 953. The number of nitrogens with zero attached hydrogens (tertiary/aromatic N) is 1. The van der Waals surface area contributed by atoms with Gasteiger partial charge in [-0.25, -0.2) is 8.42 Å². The van der Waals surface area contributed by atoms with E-state index in [4.69, 9.17) is 0 Å². The molecular weight excluding hydrogens is 336 g/mol. The van der Waals surface area contributed by atoms with Gasteiger partial charge in [0.1, 0.15) is 0 Å². The lowest BCUT2D eigenvalue weighted by molar-refractivity contribution is 0.0936. The second-order valence-electron chi connectivity index (χ2n) is 6.69. The van der Waals surface area contributed by atoms with E-state index < -0.39 is 10.0 Å². The molecule has 1 N–H and O–H groups in total. The maximum atomic E-state index is 12.6. The van der Waals surface area contributed by atoms with E-state index in [2.05, 4.69) is 17.4 Å². The zero-order valence-corrected chi connectivity index (χ0v) is 14.8. The van der Waals surface area contributed by atoms with Crippen molar-refractivity contribution in [3.8, 4) is 0 Å². The van der Waals surface area contributed by atoms with Gasteiger partial charge in [0.05, 0.1) is 18.0 Å². The summed E-state index contributed by atoms with van der Waals surface area (Å²) < 4.78 is 25.0. The highest BCUT2D eigenvalue weighted by Crippen LogP contribution is 2.33. The van der Waals surface area contributed by atoms with Crippen LogP contribution in [0.1, 0.15) is 39.5 Å². The fourth-order valence-corrected chi connectivity index (χ4v) is 4.76. The van der Waals surface area contributed by atoms with Crippen LogP contribution in [0.3, 0.4) is 0 Å². The van der Waals surface area contributed by atoms with Crippen molar-refractivity contribution in [1.29, 1.82) is 0 Å². The summed E-state index contributed by atoms with van der Waals surface area (Å²) in [7, 11) is -3.27. The second kappa shape index (κ2) is 5.88. The lowest BCUT2D eigenvalue weighted by Crippen LogP contribution is -2.28. The van der Waals surface area contributed by atoms with Crippen molar-refractivity contribution < 1.29 is 13.2 Å². The summed E-state index contributed by atoms with van der Waals surface area (Å²) >= 11 is 0. The van der Waals surface area contributed by atoms with Crippen LogP contribution in [0.4, 0.5) is 5.69 Å². The van der Waals surface area contributed by atoms with Gasteiger partial charge in [-0.2, -0.15) is 0 Å². The largest absolute Gasteiger partial charge is 0.345 e. The Balaban J connectivity index is 1.55. The maximum Gasteiger partial charge on any atom is 0.251 e. The normalized spacial score (nSPS) is 18.8. The van der Waals surface area contributed by atoms with Crippen LogP contribution in [0.15, 0.2) is 42.5 Å². The van der Waals surface area contributed by atoms with E-state index in [1.165, 1.54) is 21.7 Å². The van der Waals surface area contributed by atoms with Crippen molar-refractivity contribution in [2.75, 3.05) is 17.1 Å². The van der Waals surface area contributed by atoms with Crippen molar-refractivity contribution in [2.45, 2.75) is 25.3 Å².